The van der Waals surface area contributed by atoms with Gasteiger partial charge in [-0.25, -0.2) is 0 Å². The number of nitrogens with two attached hydrogens (primary N) is 1. The third kappa shape index (κ3) is 2.21. The topological polar surface area (TPSA) is 70.1 Å². The van der Waals surface area contributed by atoms with Crippen molar-refractivity contribution in [1.29, 1.82) is 0 Å². The van der Waals surface area contributed by atoms with E-state index in [1.807, 2.05) is 36.0 Å². The molecular formula is C16H21N3O2. The summed E-state index contributed by atoms with van der Waals surface area (Å²) in [6.07, 6.45) is 2.62. The second-order valence-corrected chi connectivity index (χ2v) is 5.89. The number of fused-ring (bicyclic) bond motifs is 1. The van der Waals surface area contributed by atoms with E-state index in [1.165, 1.54) is 7.11 Å². The van der Waals surface area contributed by atoms with Gasteiger partial charge in [-0.05, 0) is 24.8 Å². The fraction of sp³-hybridized carbons (Fsp3) is 0.500. The molecule has 1 aliphatic carbocycles. The Bertz CT molecular complexity index is 675. The monoisotopic (exact) mass is 287 g/mol. The van der Waals surface area contributed by atoms with E-state index in [1.54, 1.807) is 0 Å². The summed E-state index contributed by atoms with van der Waals surface area (Å²) < 4.78 is 6.90. The molecule has 2 N–H and O–H groups in total. The van der Waals surface area contributed by atoms with Crippen molar-refractivity contribution in [1.82, 2.24) is 9.78 Å². The van der Waals surface area contributed by atoms with Crippen molar-refractivity contribution in [3.63, 3.8) is 0 Å². The number of rotatable bonds is 5. The highest BCUT2D eigenvalue weighted by Gasteiger charge is 2.51. The Balaban J connectivity index is 2.04. The zero-order valence-corrected chi connectivity index (χ0v) is 12.5. The van der Waals surface area contributed by atoms with Gasteiger partial charge >= 0.3 is 5.97 Å². The summed E-state index contributed by atoms with van der Waals surface area (Å²) in [5.74, 6) is 0.109. The predicted octanol–water partition coefficient (Wildman–Crippen LogP) is 1.64. The molecule has 2 aromatic rings. The van der Waals surface area contributed by atoms with Crippen molar-refractivity contribution >= 4 is 16.9 Å². The van der Waals surface area contributed by atoms with Gasteiger partial charge in [0, 0.05) is 25.4 Å². The lowest BCUT2D eigenvalue weighted by atomic mass is 9.78. The van der Waals surface area contributed by atoms with E-state index in [4.69, 9.17) is 10.5 Å². The van der Waals surface area contributed by atoms with Crippen molar-refractivity contribution in [3.8, 4) is 0 Å². The van der Waals surface area contributed by atoms with E-state index in [2.05, 4.69) is 5.10 Å². The Hall–Kier alpha value is -1.88. The van der Waals surface area contributed by atoms with Crippen molar-refractivity contribution in [3.05, 3.63) is 30.0 Å². The summed E-state index contributed by atoms with van der Waals surface area (Å²) in [4.78, 5) is 12.4. The quantitative estimate of drug-likeness (QED) is 0.849. The highest BCUT2D eigenvalue weighted by molar-refractivity contribution is 5.84. The molecule has 112 valence electrons. The first-order valence-electron chi connectivity index (χ1n) is 7.31. The zero-order valence-electron chi connectivity index (χ0n) is 12.5. The van der Waals surface area contributed by atoms with Gasteiger partial charge in [0.2, 0.25) is 0 Å². The van der Waals surface area contributed by atoms with Crippen LogP contribution in [0.5, 0.6) is 0 Å². The van der Waals surface area contributed by atoms with Crippen LogP contribution in [0.4, 0.5) is 0 Å². The van der Waals surface area contributed by atoms with E-state index in [0.717, 1.165) is 29.4 Å². The van der Waals surface area contributed by atoms with Gasteiger partial charge in [0.1, 0.15) is 0 Å². The second kappa shape index (κ2) is 5.15. The Morgan fingerprint density at radius 2 is 2.19 bits per heavy atom. The number of methoxy groups -OCH3 is 1. The summed E-state index contributed by atoms with van der Waals surface area (Å²) in [6, 6.07) is 8.06. The molecule has 1 unspecified atom stereocenters. The average molecular weight is 287 g/mol. The first-order valence-corrected chi connectivity index (χ1v) is 7.31. The Morgan fingerprint density at radius 3 is 2.81 bits per heavy atom. The summed E-state index contributed by atoms with van der Waals surface area (Å²) in [7, 11) is 3.36. The Labute approximate surface area is 124 Å². The van der Waals surface area contributed by atoms with Crippen molar-refractivity contribution in [2.24, 2.45) is 24.1 Å². The summed E-state index contributed by atoms with van der Waals surface area (Å²) >= 11 is 0. The van der Waals surface area contributed by atoms with Gasteiger partial charge in [0.05, 0.1) is 23.7 Å². The number of benzene rings is 1. The molecule has 0 saturated heterocycles. The molecule has 0 spiro atoms. The van der Waals surface area contributed by atoms with Crippen LogP contribution in [0.3, 0.4) is 0 Å². The molecule has 3 rings (SSSR count). The fourth-order valence-corrected chi connectivity index (χ4v) is 3.26. The van der Waals surface area contributed by atoms with E-state index in [9.17, 15) is 4.79 Å². The normalized spacial score (nSPS) is 17.7. The van der Waals surface area contributed by atoms with Crippen molar-refractivity contribution in [2.75, 3.05) is 13.7 Å². The highest BCUT2D eigenvalue weighted by Crippen LogP contribution is 2.48. The number of nitrogens with zero attached hydrogens (tertiary/aromatic N) is 2. The first-order chi connectivity index (χ1) is 10.1. The minimum absolute atomic E-state index is 0.206. The van der Waals surface area contributed by atoms with E-state index >= 15 is 0 Å². The van der Waals surface area contributed by atoms with Crippen LogP contribution in [-0.2, 0) is 23.0 Å². The van der Waals surface area contributed by atoms with Gasteiger partial charge in [0.25, 0.3) is 0 Å². The van der Waals surface area contributed by atoms with Gasteiger partial charge in [0.15, 0.2) is 0 Å². The molecule has 1 fully saturated rings. The molecule has 0 aliphatic heterocycles. The molecule has 21 heavy (non-hydrogen) atoms. The lowest BCUT2D eigenvalue weighted by molar-refractivity contribution is -0.153. The van der Waals surface area contributed by atoms with Crippen LogP contribution in [0, 0.1) is 11.3 Å². The minimum Gasteiger partial charge on any atom is -0.469 e. The summed E-state index contributed by atoms with van der Waals surface area (Å²) in [5.41, 5.74) is 7.35. The van der Waals surface area contributed by atoms with Gasteiger partial charge in [-0.15, -0.1) is 0 Å². The van der Waals surface area contributed by atoms with Gasteiger partial charge in [-0.1, -0.05) is 18.2 Å². The zero-order chi connectivity index (χ0) is 15.0. The van der Waals surface area contributed by atoms with Crippen LogP contribution in [-0.4, -0.2) is 29.4 Å². The molecule has 0 radical (unpaired) electrons. The van der Waals surface area contributed by atoms with Crippen molar-refractivity contribution < 1.29 is 9.53 Å². The van der Waals surface area contributed by atoms with Gasteiger partial charge in [-0.3, -0.25) is 9.48 Å². The maximum absolute atomic E-state index is 12.4. The third-order valence-corrected chi connectivity index (χ3v) is 4.63. The predicted molar refractivity (Wildman–Crippen MR) is 80.6 cm³/mol. The van der Waals surface area contributed by atoms with Crippen molar-refractivity contribution in [2.45, 2.75) is 19.3 Å². The Morgan fingerprint density at radius 1 is 1.48 bits per heavy atom. The van der Waals surface area contributed by atoms with Gasteiger partial charge in [-0.2, -0.15) is 5.10 Å². The molecule has 1 atom stereocenters. The molecule has 5 heteroatoms. The molecule has 5 nitrogen and oxygen atoms in total. The van der Waals surface area contributed by atoms with E-state index < -0.39 is 5.41 Å². The number of carbonyl (C=O) groups excluding carboxylic acids is 1. The largest absolute Gasteiger partial charge is 0.469 e. The maximum Gasteiger partial charge on any atom is 0.313 e. The number of aromatic nitrogens is 2. The van der Waals surface area contributed by atoms with Crippen LogP contribution in [0.1, 0.15) is 18.5 Å². The number of hydrogen-bond acceptors (Lipinski definition) is 4. The van der Waals surface area contributed by atoms with E-state index in [0.29, 0.717) is 18.9 Å². The number of para-hydroxylation sites is 1. The lowest BCUT2D eigenvalue weighted by Gasteiger charge is -2.29. The molecule has 1 aromatic carbocycles. The third-order valence-electron chi connectivity index (χ3n) is 4.63. The number of esters is 1. The van der Waals surface area contributed by atoms with Crippen LogP contribution < -0.4 is 5.73 Å². The average Bonchev–Trinajstić information content (AvgIpc) is 3.31. The molecule has 0 amide bonds. The molecule has 1 aromatic heterocycles. The lowest BCUT2D eigenvalue weighted by Crippen LogP contribution is -2.43. The number of ether oxygens (including phenoxy) is 1. The highest BCUT2D eigenvalue weighted by atomic mass is 16.5. The first kappa shape index (κ1) is 14.1. The Kier molecular flexibility index (Phi) is 3.45. The van der Waals surface area contributed by atoms with Crippen LogP contribution >= 0.6 is 0 Å². The second-order valence-electron chi connectivity index (χ2n) is 5.89. The SMILES string of the molecule is COC(=O)C(CN)(Cc1nn(C)c2ccccc12)C1CC1. The number of aryl methyl sites for hydroxylation is 1. The summed E-state index contributed by atoms with van der Waals surface area (Å²) in [6.45, 7) is 0.301. The molecule has 1 saturated carbocycles. The fourth-order valence-electron chi connectivity index (χ4n) is 3.26. The maximum atomic E-state index is 12.4. The van der Waals surface area contributed by atoms with E-state index in [-0.39, 0.29) is 5.97 Å². The molecule has 1 aliphatic rings. The summed E-state index contributed by atoms with van der Waals surface area (Å²) in [5, 5.41) is 5.69. The molecule has 1 heterocycles. The number of carbonyl (C=O) groups is 1. The van der Waals surface area contributed by atoms with Crippen LogP contribution in [0.25, 0.3) is 10.9 Å². The van der Waals surface area contributed by atoms with Crippen LogP contribution in [0.15, 0.2) is 24.3 Å². The smallest absolute Gasteiger partial charge is 0.313 e. The number of hydrogen-bond donors (Lipinski definition) is 1. The molecular weight excluding hydrogens is 266 g/mol. The minimum atomic E-state index is -0.633. The molecule has 0 bridgehead atoms. The van der Waals surface area contributed by atoms with Crippen LogP contribution in [0.2, 0.25) is 0 Å². The standard InChI is InChI=1S/C16H21N3O2/c1-19-14-6-4-3-5-12(14)13(18-19)9-16(10-17,11-7-8-11)15(20)21-2/h3-6,11H,7-10,17H2,1-2H3. The van der Waals surface area contributed by atoms with Gasteiger partial charge < -0.3 is 10.5 Å².